The lowest BCUT2D eigenvalue weighted by atomic mass is 9.93. The van der Waals surface area contributed by atoms with Crippen molar-refractivity contribution in [3.05, 3.63) is 21.9 Å². The van der Waals surface area contributed by atoms with Crippen molar-refractivity contribution in [2.75, 3.05) is 26.7 Å². The highest BCUT2D eigenvalue weighted by Gasteiger charge is 2.24. The van der Waals surface area contributed by atoms with Gasteiger partial charge >= 0.3 is 0 Å². The van der Waals surface area contributed by atoms with E-state index in [2.05, 4.69) is 5.32 Å². The highest BCUT2D eigenvalue weighted by atomic mass is 35.5. The van der Waals surface area contributed by atoms with E-state index in [1.807, 2.05) is 11.9 Å². The lowest BCUT2D eigenvalue weighted by Crippen LogP contribution is -2.38. The van der Waals surface area contributed by atoms with Crippen LogP contribution >= 0.6 is 23.7 Å². The Morgan fingerprint density at radius 2 is 1.95 bits per heavy atom. The molecule has 0 aliphatic carbocycles. The number of nitrogens with zero attached hydrogens (tertiary/aromatic N) is 1. The standard InChI is InChI=1S/C14H21N3O2S.ClH/c1-16-7-4-10-5-8-17(9-6-10)14(19)12-3-2-11(20-12)13(15)18;/h2-3,10,16H,4-9H2,1H3,(H2,15,18);1H. The molecule has 5 nitrogen and oxygen atoms in total. The van der Waals surface area contributed by atoms with Gasteiger partial charge in [0.25, 0.3) is 11.8 Å². The van der Waals surface area contributed by atoms with Gasteiger partial charge in [-0.25, -0.2) is 0 Å². The van der Waals surface area contributed by atoms with Gasteiger partial charge in [-0.05, 0) is 50.9 Å². The number of hydrogen-bond acceptors (Lipinski definition) is 4. The smallest absolute Gasteiger partial charge is 0.263 e. The molecule has 0 spiro atoms. The van der Waals surface area contributed by atoms with Crippen molar-refractivity contribution in [2.45, 2.75) is 19.3 Å². The second-order valence-corrected chi connectivity index (χ2v) is 6.24. The Balaban J connectivity index is 0.00000220. The minimum atomic E-state index is -0.472. The number of nitrogens with one attached hydrogen (secondary N) is 1. The summed E-state index contributed by atoms with van der Waals surface area (Å²) in [7, 11) is 1.96. The zero-order valence-electron chi connectivity index (χ0n) is 12.1. The van der Waals surface area contributed by atoms with Crippen LogP contribution in [0.5, 0.6) is 0 Å². The number of carbonyl (C=O) groups is 2. The van der Waals surface area contributed by atoms with Gasteiger partial charge in [-0.3, -0.25) is 9.59 Å². The second-order valence-electron chi connectivity index (χ2n) is 5.16. The minimum Gasteiger partial charge on any atom is -0.365 e. The maximum Gasteiger partial charge on any atom is 0.263 e. The first kappa shape index (κ1) is 17.9. The summed E-state index contributed by atoms with van der Waals surface area (Å²) in [6, 6.07) is 3.32. The molecule has 0 bridgehead atoms. The van der Waals surface area contributed by atoms with Gasteiger partial charge in [0.1, 0.15) is 0 Å². The van der Waals surface area contributed by atoms with E-state index in [9.17, 15) is 9.59 Å². The van der Waals surface area contributed by atoms with Gasteiger partial charge in [0.05, 0.1) is 9.75 Å². The van der Waals surface area contributed by atoms with Crippen LogP contribution in [0.1, 0.15) is 38.6 Å². The Morgan fingerprint density at radius 1 is 1.33 bits per heavy atom. The van der Waals surface area contributed by atoms with E-state index in [1.165, 1.54) is 17.8 Å². The van der Waals surface area contributed by atoms with Crippen LogP contribution in [-0.4, -0.2) is 43.4 Å². The first-order valence-electron chi connectivity index (χ1n) is 6.95. The molecule has 0 atom stereocenters. The fourth-order valence-corrected chi connectivity index (χ4v) is 3.34. The van der Waals surface area contributed by atoms with Gasteiger partial charge in [0.2, 0.25) is 0 Å². The maximum absolute atomic E-state index is 12.3. The van der Waals surface area contributed by atoms with Crippen molar-refractivity contribution >= 4 is 35.6 Å². The minimum absolute atomic E-state index is 0. The van der Waals surface area contributed by atoms with Crippen LogP contribution in [0.25, 0.3) is 0 Å². The molecular weight excluding hydrogens is 310 g/mol. The van der Waals surface area contributed by atoms with Gasteiger partial charge in [-0.1, -0.05) is 0 Å². The molecule has 1 aliphatic rings. The summed E-state index contributed by atoms with van der Waals surface area (Å²) in [5.41, 5.74) is 5.21. The predicted octanol–water partition coefficient (Wildman–Crippen LogP) is 1.73. The molecule has 3 N–H and O–H groups in total. The number of likely N-dealkylation sites (tertiary alicyclic amines) is 1. The molecule has 0 radical (unpaired) electrons. The first-order chi connectivity index (χ1) is 9.61. The molecule has 0 unspecified atom stereocenters. The number of halogens is 1. The highest BCUT2D eigenvalue weighted by molar-refractivity contribution is 7.15. The molecule has 0 saturated carbocycles. The predicted molar refractivity (Wildman–Crippen MR) is 87.3 cm³/mol. The van der Waals surface area contributed by atoms with E-state index in [4.69, 9.17) is 5.73 Å². The zero-order chi connectivity index (χ0) is 14.5. The van der Waals surface area contributed by atoms with Crippen LogP contribution in [0.3, 0.4) is 0 Å². The summed E-state index contributed by atoms with van der Waals surface area (Å²) in [5, 5.41) is 3.17. The summed E-state index contributed by atoms with van der Waals surface area (Å²) < 4.78 is 0. The van der Waals surface area contributed by atoms with E-state index < -0.39 is 5.91 Å². The monoisotopic (exact) mass is 331 g/mol. The van der Waals surface area contributed by atoms with Crippen molar-refractivity contribution in [2.24, 2.45) is 11.7 Å². The Bertz CT molecular complexity index is 484. The second kappa shape index (κ2) is 8.36. The molecule has 1 saturated heterocycles. The van der Waals surface area contributed by atoms with Crippen molar-refractivity contribution < 1.29 is 9.59 Å². The average Bonchev–Trinajstić information content (AvgIpc) is 2.95. The van der Waals surface area contributed by atoms with Crippen LogP contribution in [0.2, 0.25) is 0 Å². The number of amides is 2. The SMILES string of the molecule is CNCCC1CCN(C(=O)c2ccc(C(N)=O)s2)CC1.Cl. The molecule has 118 valence electrons. The Labute approximate surface area is 135 Å². The van der Waals surface area contributed by atoms with E-state index >= 15 is 0 Å². The Kier molecular flexibility index (Phi) is 7.14. The van der Waals surface area contributed by atoms with Crippen molar-refractivity contribution in [1.29, 1.82) is 0 Å². The molecule has 1 aromatic heterocycles. The molecular formula is C14H22ClN3O2S. The fraction of sp³-hybridized carbons (Fsp3) is 0.571. The van der Waals surface area contributed by atoms with Gasteiger partial charge in [0, 0.05) is 13.1 Å². The number of thiophene rings is 1. The summed E-state index contributed by atoms with van der Waals surface area (Å²) in [5.74, 6) is 0.255. The summed E-state index contributed by atoms with van der Waals surface area (Å²) >= 11 is 1.18. The van der Waals surface area contributed by atoms with E-state index in [-0.39, 0.29) is 18.3 Å². The highest BCUT2D eigenvalue weighted by Crippen LogP contribution is 2.24. The summed E-state index contributed by atoms with van der Waals surface area (Å²) in [6.45, 7) is 2.64. The molecule has 1 aliphatic heterocycles. The third-order valence-corrected chi connectivity index (χ3v) is 4.85. The van der Waals surface area contributed by atoms with Gasteiger partial charge in [-0.15, -0.1) is 23.7 Å². The normalized spacial score (nSPS) is 15.6. The zero-order valence-corrected chi connectivity index (χ0v) is 13.8. The van der Waals surface area contributed by atoms with Crippen LogP contribution in [-0.2, 0) is 0 Å². The third kappa shape index (κ3) is 4.69. The quantitative estimate of drug-likeness (QED) is 0.862. The van der Waals surface area contributed by atoms with Crippen molar-refractivity contribution in [1.82, 2.24) is 10.2 Å². The number of primary amides is 1. The Hall–Kier alpha value is -1.11. The average molecular weight is 332 g/mol. The molecule has 7 heteroatoms. The number of hydrogen-bond donors (Lipinski definition) is 2. The molecule has 0 aromatic carbocycles. The summed E-state index contributed by atoms with van der Waals surface area (Å²) in [4.78, 5) is 26.3. The number of rotatable bonds is 5. The molecule has 1 aromatic rings. The molecule has 21 heavy (non-hydrogen) atoms. The van der Waals surface area contributed by atoms with Crippen molar-refractivity contribution in [3.8, 4) is 0 Å². The summed E-state index contributed by atoms with van der Waals surface area (Å²) in [6.07, 6.45) is 3.28. The number of nitrogens with two attached hydrogens (primary N) is 1. The molecule has 2 heterocycles. The van der Waals surface area contributed by atoms with Crippen LogP contribution in [0.15, 0.2) is 12.1 Å². The fourth-order valence-electron chi connectivity index (χ4n) is 2.51. The van der Waals surface area contributed by atoms with E-state index in [0.717, 1.165) is 32.5 Å². The largest absolute Gasteiger partial charge is 0.365 e. The Morgan fingerprint density at radius 3 is 2.48 bits per heavy atom. The lowest BCUT2D eigenvalue weighted by Gasteiger charge is -2.31. The van der Waals surface area contributed by atoms with Gasteiger partial charge in [-0.2, -0.15) is 0 Å². The van der Waals surface area contributed by atoms with Gasteiger partial charge < -0.3 is 16.0 Å². The van der Waals surface area contributed by atoms with Crippen LogP contribution in [0, 0.1) is 5.92 Å². The molecule has 2 rings (SSSR count). The van der Waals surface area contributed by atoms with Crippen molar-refractivity contribution in [3.63, 3.8) is 0 Å². The van der Waals surface area contributed by atoms with E-state index in [0.29, 0.717) is 15.7 Å². The lowest BCUT2D eigenvalue weighted by molar-refractivity contribution is 0.0692. The van der Waals surface area contributed by atoms with Crippen LogP contribution < -0.4 is 11.1 Å². The third-order valence-electron chi connectivity index (χ3n) is 3.76. The first-order valence-corrected chi connectivity index (χ1v) is 7.77. The van der Waals surface area contributed by atoms with Gasteiger partial charge in [0.15, 0.2) is 0 Å². The topological polar surface area (TPSA) is 75.4 Å². The molecule has 2 amide bonds. The van der Waals surface area contributed by atoms with Crippen LogP contribution in [0.4, 0.5) is 0 Å². The molecule has 1 fully saturated rings. The number of carbonyl (C=O) groups excluding carboxylic acids is 2. The maximum atomic E-state index is 12.3. The van der Waals surface area contributed by atoms with E-state index in [1.54, 1.807) is 12.1 Å². The number of piperidine rings is 1.